The quantitative estimate of drug-likeness (QED) is 0.686. The van der Waals surface area contributed by atoms with Gasteiger partial charge in [0.1, 0.15) is 0 Å². The van der Waals surface area contributed by atoms with E-state index in [-0.39, 0.29) is 0 Å². The molecular formula is C12H20BrNS. The molecule has 0 spiro atoms. The molecule has 0 aliphatic rings. The number of nitrogens with zero attached hydrogens (tertiary/aromatic N) is 1. The van der Waals surface area contributed by atoms with Crippen LogP contribution >= 0.6 is 27.3 Å². The molecule has 1 unspecified atom stereocenters. The Bertz CT molecular complexity index is 244. The summed E-state index contributed by atoms with van der Waals surface area (Å²) in [6, 6.07) is 4.36. The summed E-state index contributed by atoms with van der Waals surface area (Å²) in [4.78, 5) is 4.00. The van der Waals surface area contributed by atoms with Gasteiger partial charge in [-0.15, -0.1) is 11.3 Å². The van der Waals surface area contributed by atoms with Gasteiger partial charge in [-0.25, -0.2) is 0 Å². The standard InChI is InChI=1S/C12H20BrNS/c1-3-11(8-13)9-14(4-2)10-12-6-5-7-15-12/h5-7,11H,3-4,8-10H2,1-2H3. The lowest BCUT2D eigenvalue weighted by Gasteiger charge is -2.24. The molecule has 1 aromatic heterocycles. The van der Waals surface area contributed by atoms with Gasteiger partial charge in [0.2, 0.25) is 0 Å². The van der Waals surface area contributed by atoms with Gasteiger partial charge in [-0.1, -0.05) is 42.3 Å². The summed E-state index contributed by atoms with van der Waals surface area (Å²) in [6.45, 7) is 7.97. The maximum atomic E-state index is 3.59. The van der Waals surface area contributed by atoms with Crippen LogP contribution in [0.15, 0.2) is 17.5 Å². The molecule has 3 heteroatoms. The summed E-state index contributed by atoms with van der Waals surface area (Å²) in [5, 5.41) is 3.27. The minimum atomic E-state index is 0.782. The van der Waals surface area contributed by atoms with Crippen LogP contribution in [0, 0.1) is 5.92 Å². The minimum absolute atomic E-state index is 0.782. The van der Waals surface area contributed by atoms with Crippen LogP contribution in [0.2, 0.25) is 0 Å². The fourth-order valence-corrected chi connectivity index (χ4v) is 2.99. The SMILES string of the molecule is CCC(CBr)CN(CC)Cc1cccs1. The van der Waals surface area contributed by atoms with Gasteiger partial charge >= 0.3 is 0 Å². The van der Waals surface area contributed by atoms with Crippen LogP contribution in [0.4, 0.5) is 0 Å². The Balaban J connectivity index is 2.42. The molecule has 0 bridgehead atoms. The van der Waals surface area contributed by atoms with Crippen LogP contribution in [-0.4, -0.2) is 23.3 Å². The maximum Gasteiger partial charge on any atom is 0.0327 e. The first-order chi connectivity index (χ1) is 7.30. The molecule has 1 aromatic rings. The average molecular weight is 290 g/mol. The van der Waals surface area contributed by atoms with E-state index in [1.165, 1.54) is 17.8 Å². The fourth-order valence-electron chi connectivity index (χ4n) is 1.58. The highest BCUT2D eigenvalue weighted by atomic mass is 79.9. The molecule has 86 valence electrons. The Labute approximate surface area is 106 Å². The average Bonchev–Trinajstić information content (AvgIpc) is 2.76. The third-order valence-corrected chi connectivity index (χ3v) is 4.50. The highest BCUT2D eigenvalue weighted by molar-refractivity contribution is 9.09. The molecule has 0 fully saturated rings. The van der Waals surface area contributed by atoms with Crippen molar-refractivity contribution in [3.63, 3.8) is 0 Å². The number of alkyl halides is 1. The zero-order valence-electron chi connectivity index (χ0n) is 9.58. The van der Waals surface area contributed by atoms with E-state index in [1.807, 2.05) is 11.3 Å². The van der Waals surface area contributed by atoms with Crippen LogP contribution in [0.3, 0.4) is 0 Å². The summed E-state index contributed by atoms with van der Waals surface area (Å²) >= 11 is 5.44. The number of thiophene rings is 1. The van der Waals surface area contributed by atoms with Crippen LogP contribution in [-0.2, 0) is 6.54 Å². The van der Waals surface area contributed by atoms with Crippen LogP contribution < -0.4 is 0 Å². The summed E-state index contributed by atoms with van der Waals surface area (Å²) < 4.78 is 0. The van der Waals surface area contributed by atoms with Crippen LogP contribution in [0.5, 0.6) is 0 Å². The van der Waals surface area contributed by atoms with Crippen molar-refractivity contribution in [1.82, 2.24) is 4.90 Å². The normalized spacial score (nSPS) is 13.3. The Kier molecular flexibility index (Phi) is 6.53. The first-order valence-corrected chi connectivity index (χ1v) is 7.60. The van der Waals surface area contributed by atoms with E-state index in [0.29, 0.717) is 0 Å². The molecule has 0 radical (unpaired) electrons. The van der Waals surface area contributed by atoms with Gasteiger partial charge in [0.15, 0.2) is 0 Å². The second-order valence-electron chi connectivity index (χ2n) is 3.84. The monoisotopic (exact) mass is 289 g/mol. The zero-order valence-corrected chi connectivity index (χ0v) is 12.0. The molecule has 15 heavy (non-hydrogen) atoms. The van der Waals surface area contributed by atoms with Crippen molar-refractivity contribution >= 4 is 27.3 Å². The lowest BCUT2D eigenvalue weighted by atomic mass is 10.1. The lowest BCUT2D eigenvalue weighted by molar-refractivity contribution is 0.242. The zero-order chi connectivity index (χ0) is 11.1. The first kappa shape index (κ1) is 13.2. The number of rotatable bonds is 7. The van der Waals surface area contributed by atoms with Gasteiger partial charge in [-0.3, -0.25) is 4.90 Å². The molecule has 0 saturated heterocycles. The summed E-state index contributed by atoms with van der Waals surface area (Å²) in [5.74, 6) is 0.782. The second-order valence-corrected chi connectivity index (χ2v) is 5.52. The van der Waals surface area contributed by atoms with Crippen molar-refractivity contribution in [3.8, 4) is 0 Å². The van der Waals surface area contributed by atoms with Crippen molar-refractivity contribution in [2.75, 3.05) is 18.4 Å². The van der Waals surface area contributed by atoms with Crippen molar-refractivity contribution in [2.45, 2.75) is 26.8 Å². The van der Waals surface area contributed by atoms with Crippen molar-refractivity contribution in [3.05, 3.63) is 22.4 Å². The van der Waals surface area contributed by atoms with E-state index in [0.717, 1.165) is 24.3 Å². The van der Waals surface area contributed by atoms with Crippen LogP contribution in [0.25, 0.3) is 0 Å². The van der Waals surface area contributed by atoms with Crippen molar-refractivity contribution in [1.29, 1.82) is 0 Å². The fraction of sp³-hybridized carbons (Fsp3) is 0.667. The molecule has 1 rings (SSSR count). The maximum absolute atomic E-state index is 3.59. The Hall–Kier alpha value is 0.140. The van der Waals surface area contributed by atoms with Crippen molar-refractivity contribution in [2.24, 2.45) is 5.92 Å². The predicted octanol–water partition coefficient (Wildman–Crippen LogP) is 3.99. The van der Waals surface area contributed by atoms with E-state index in [9.17, 15) is 0 Å². The van der Waals surface area contributed by atoms with Gasteiger partial charge in [0, 0.05) is 23.3 Å². The topological polar surface area (TPSA) is 3.24 Å². The third-order valence-electron chi connectivity index (χ3n) is 2.72. The highest BCUT2D eigenvalue weighted by Crippen LogP contribution is 2.15. The van der Waals surface area contributed by atoms with Gasteiger partial charge < -0.3 is 0 Å². The predicted molar refractivity (Wildman–Crippen MR) is 72.8 cm³/mol. The van der Waals surface area contributed by atoms with E-state index in [2.05, 4.69) is 52.2 Å². The van der Waals surface area contributed by atoms with Crippen LogP contribution in [0.1, 0.15) is 25.1 Å². The van der Waals surface area contributed by atoms with E-state index in [4.69, 9.17) is 0 Å². The molecule has 0 aromatic carbocycles. The number of halogens is 1. The minimum Gasteiger partial charge on any atom is -0.298 e. The third kappa shape index (κ3) is 4.66. The largest absolute Gasteiger partial charge is 0.298 e. The molecule has 0 N–H and O–H groups in total. The first-order valence-electron chi connectivity index (χ1n) is 5.60. The summed E-state index contributed by atoms with van der Waals surface area (Å²) in [7, 11) is 0. The van der Waals surface area contributed by atoms with Crippen molar-refractivity contribution < 1.29 is 0 Å². The summed E-state index contributed by atoms with van der Waals surface area (Å²) in [6.07, 6.45) is 1.26. The molecule has 0 amide bonds. The van der Waals surface area contributed by atoms with E-state index >= 15 is 0 Å². The smallest absolute Gasteiger partial charge is 0.0327 e. The Morgan fingerprint density at radius 2 is 2.27 bits per heavy atom. The Morgan fingerprint density at radius 1 is 1.47 bits per heavy atom. The Morgan fingerprint density at radius 3 is 2.73 bits per heavy atom. The van der Waals surface area contributed by atoms with E-state index in [1.54, 1.807) is 0 Å². The van der Waals surface area contributed by atoms with Gasteiger partial charge in [-0.2, -0.15) is 0 Å². The van der Waals surface area contributed by atoms with Gasteiger partial charge in [-0.05, 0) is 23.9 Å². The molecule has 1 atom stereocenters. The highest BCUT2D eigenvalue weighted by Gasteiger charge is 2.10. The molecule has 1 heterocycles. The van der Waals surface area contributed by atoms with Gasteiger partial charge in [0.25, 0.3) is 0 Å². The summed E-state index contributed by atoms with van der Waals surface area (Å²) in [5.41, 5.74) is 0. The lowest BCUT2D eigenvalue weighted by Crippen LogP contribution is -2.29. The van der Waals surface area contributed by atoms with E-state index < -0.39 is 0 Å². The number of hydrogen-bond acceptors (Lipinski definition) is 2. The molecule has 0 saturated carbocycles. The second kappa shape index (κ2) is 7.42. The van der Waals surface area contributed by atoms with Gasteiger partial charge in [0.05, 0.1) is 0 Å². The molecular weight excluding hydrogens is 270 g/mol. The molecule has 0 aliphatic heterocycles. The molecule has 1 nitrogen and oxygen atoms in total. The molecule has 0 aliphatic carbocycles. The number of hydrogen-bond donors (Lipinski definition) is 0.